The monoisotopic (exact) mass is 283 g/mol. The van der Waals surface area contributed by atoms with Gasteiger partial charge in [-0.3, -0.25) is 0 Å². The van der Waals surface area contributed by atoms with Crippen LogP contribution in [-0.2, 0) is 6.42 Å². The van der Waals surface area contributed by atoms with E-state index in [1.54, 1.807) is 0 Å². The molecule has 0 fully saturated rings. The lowest BCUT2D eigenvalue weighted by atomic mass is 10.1. The van der Waals surface area contributed by atoms with Crippen molar-refractivity contribution in [1.82, 2.24) is 5.32 Å². The average molecular weight is 283 g/mol. The molecule has 2 unspecified atom stereocenters. The fraction of sp³-hybridized carbons (Fsp3) is 0.368. The molecule has 0 aliphatic rings. The molecular formula is C19H25NO. The van der Waals surface area contributed by atoms with Crippen molar-refractivity contribution in [3.63, 3.8) is 0 Å². The van der Waals surface area contributed by atoms with Crippen molar-refractivity contribution in [1.29, 1.82) is 0 Å². The van der Waals surface area contributed by atoms with Gasteiger partial charge >= 0.3 is 0 Å². The number of hydrogen-bond acceptors (Lipinski definition) is 2. The maximum absolute atomic E-state index is 5.97. The van der Waals surface area contributed by atoms with Crippen molar-refractivity contribution in [2.24, 2.45) is 0 Å². The van der Waals surface area contributed by atoms with Crippen LogP contribution in [0.1, 0.15) is 31.9 Å². The van der Waals surface area contributed by atoms with E-state index in [0.717, 1.165) is 18.7 Å². The third-order valence-electron chi connectivity index (χ3n) is 3.73. The second-order valence-electron chi connectivity index (χ2n) is 5.48. The predicted octanol–water partition coefficient (Wildman–Crippen LogP) is 4.04. The van der Waals surface area contributed by atoms with Gasteiger partial charge in [-0.1, -0.05) is 49.4 Å². The summed E-state index contributed by atoms with van der Waals surface area (Å²) in [6.45, 7) is 7.33. The highest BCUT2D eigenvalue weighted by atomic mass is 16.5. The molecule has 0 radical (unpaired) electrons. The van der Waals surface area contributed by atoms with E-state index in [9.17, 15) is 0 Å². The number of hydrogen-bond donors (Lipinski definition) is 1. The minimum absolute atomic E-state index is 0.157. The molecule has 1 N–H and O–H groups in total. The lowest BCUT2D eigenvalue weighted by Gasteiger charge is -2.22. The third-order valence-corrected chi connectivity index (χ3v) is 3.73. The fourth-order valence-electron chi connectivity index (χ4n) is 2.32. The van der Waals surface area contributed by atoms with E-state index in [1.807, 2.05) is 6.07 Å². The Bertz CT molecular complexity index is 521. The first-order valence-electron chi connectivity index (χ1n) is 7.72. The zero-order chi connectivity index (χ0) is 15.1. The van der Waals surface area contributed by atoms with Gasteiger partial charge in [0.1, 0.15) is 11.9 Å². The molecule has 0 amide bonds. The summed E-state index contributed by atoms with van der Waals surface area (Å²) in [5.41, 5.74) is 2.64. The van der Waals surface area contributed by atoms with Crippen LogP contribution >= 0.6 is 0 Å². The van der Waals surface area contributed by atoms with Crippen LogP contribution in [0.5, 0.6) is 5.75 Å². The van der Waals surface area contributed by atoms with E-state index in [1.165, 1.54) is 11.1 Å². The van der Waals surface area contributed by atoms with Gasteiger partial charge in [0.2, 0.25) is 0 Å². The first-order valence-corrected chi connectivity index (χ1v) is 7.72. The maximum Gasteiger partial charge on any atom is 0.119 e. The Labute approximate surface area is 128 Å². The first-order chi connectivity index (χ1) is 10.2. The van der Waals surface area contributed by atoms with Gasteiger partial charge in [0.05, 0.1) is 0 Å². The number of nitrogens with one attached hydrogen (secondary N) is 1. The zero-order valence-electron chi connectivity index (χ0n) is 13.2. The summed E-state index contributed by atoms with van der Waals surface area (Å²) in [6.07, 6.45) is 1.12. The molecule has 0 spiro atoms. The van der Waals surface area contributed by atoms with Crippen LogP contribution in [0.25, 0.3) is 0 Å². The summed E-state index contributed by atoms with van der Waals surface area (Å²) >= 11 is 0. The Morgan fingerprint density at radius 2 is 1.52 bits per heavy atom. The van der Waals surface area contributed by atoms with Crippen LogP contribution in [0.3, 0.4) is 0 Å². The van der Waals surface area contributed by atoms with E-state index in [4.69, 9.17) is 4.74 Å². The minimum atomic E-state index is 0.157. The molecule has 0 saturated carbocycles. The lowest BCUT2D eigenvalue weighted by Crippen LogP contribution is -2.38. The number of likely N-dealkylation sites (N-methyl/N-ethyl adjacent to an activating group) is 1. The smallest absolute Gasteiger partial charge is 0.119 e. The highest BCUT2D eigenvalue weighted by Gasteiger charge is 2.12. The fourth-order valence-corrected chi connectivity index (χ4v) is 2.32. The standard InChI is InChI=1S/C19H25NO/c1-4-20-15(2)16(3)21-19-12-10-18(11-13-19)14-17-8-6-5-7-9-17/h5-13,15-16,20H,4,14H2,1-3H3. The first kappa shape index (κ1) is 15.6. The Kier molecular flexibility index (Phi) is 5.82. The van der Waals surface area contributed by atoms with Gasteiger partial charge in [-0.2, -0.15) is 0 Å². The molecule has 0 aliphatic carbocycles. The van der Waals surface area contributed by atoms with Crippen LogP contribution in [-0.4, -0.2) is 18.7 Å². The SMILES string of the molecule is CCNC(C)C(C)Oc1ccc(Cc2ccccc2)cc1. The molecule has 2 heteroatoms. The quantitative estimate of drug-likeness (QED) is 0.828. The molecule has 0 aliphatic heterocycles. The Morgan fingerprint density at radius 1 is 0.905 bits per heavy atom. The van der Waals surface area contributed by atoms with Gasteiger partial charge in [0.25, 0.3) is 0 Å². The molecule has 2 nitrogen and oxygen atoms in total. The summed E-state index contributed by atoms with van der Waals surface area (Å²) in [5.74, 6) is 0.934. The second-order valence-corrected chi connectivity index (χ2v) is 5.48. The van der Waals surface area contributed by atoms with Crippen molar-refractivity contribution in [2.75, 3.05) is 6.54 Å². The molecule has 0 bridgehead atoms. The number of benzene rings is 2. The van der Waals surface area contributed by atoms with Gasteiger partial charge in [-0.05, 0) is 50.1 Å². The Balaban J connectivity index is 1.93. The van der Waals surface area contributed by atoms with Crippen molar-refractivity contribution in [3.8, 4) is 5.75 Å². The molecule has 21 heavy (non-hydrogen) atoms. The summed E-state index contributed by atoms with van der Waals surface area (Å²) in [4.78, 5) is 0. The lowest BCUT2D eigenvalue weighted by molar-refractivity contribution is 0.179. The average Bonchev–Trinajstić information content (AvgIpc) is 2.50. The highest BCUT2D eigenvalue weighted by Crippen LogP contribution is 2.17. The van der Waals surface area contributed by atoms with Crippen LogP contribution in [0, 0.1) is 0 Å². The molecule has 2 atom stereocenters. The summed E-state index contributed by atoms with van der Waals surface area (Å²) in [6, 6.07) is 19.3. The molecule has 2 aromatic carbocycles. The van der Waals surface area contributed by atoms with Gasteiger partial charge in [0, 0.05) is 6.04 Å². The van der Waals surface area contributed by atoms with Gasteiger partial charge in [-0.15, -0.1) is 0 Å². The molecule has 0 heterocycles. The van der Waals surface area contributed by atoms with Crippen molar-refractivity contribution < 1.29 is 4.74 Å². The van der Waals surface area contributed by atoms with Crippen molar-refractivity contribution in [2.45, 2.75) is 39.3 Å². The van der Waals surface area contributed by atoms with Gasteiger partial charge in [0.15, 0.2) is 0 Å². The molecule has 2 rings (SSSR count). The second kappa shape index (κ2) is 7.84. The highest BCUT2D eigenvalue weighted by molar-refractivity contribution is 5.31. The Hall–Kier alpha value is -1.80. The van der Waals surface area contributed by atoms with E-state index in [-0.39, 0.29) is 6.10 Å². The van der Waals surface area contributed by atoms with Crippen molar-refractivity contribution in [3.05, 3.63) is 65.7 Å². The molecule has 2 aromatic rings. The van der Waals surface area contributed by atoms with Crippen LogP contribution in [0.4, 0.5) is 0 Å². The summed E-state index contributed by atoms with van der Waals surface area (Å²) < 4.78 is 5.97. The topological polar surface area (TPSA) is 21.3 Å². The Morgan fingerprint density at radius 3 is 2.14 bits per heavy atom. The predicted molar refractivity (Wildman–Crippen MR) is 88.9 cm³/mol. The largest absolute Gasteiger partial charge is 0.489 e. The van der Waals surface area contributed by atoms with E-state index in [2.05, 4.69) is 74.6 Å². The number of ether oxygens (including phenoxy) is 1. The summed E-state index contributed by atoms with van der Waals surface area (Å²) in [5, 5.41) is 3.38. The molecule has 0 aromatic heterocycles. The molecule has 0 saturated heterocycles. The maximum atomic E-state index is 5.97. The van der Waals surface area contributed by atoms with Crippen molar-refractivity contribution >= 4 is 0 Å². The summed E-state index contributed by atoms with van der Waals surface area (Å²) in [7, 11) is 0. The molecular weight excluding hydrogens is 258 g/mol. The third kappa shape index (κ3) is 4.91. The molecule has 112 valence electrons. The van der Waals surface area contributed by atoms with E-state index < -0.39 is 0 Å². The van der Waals surface area contributed by atoms with Crippen LogP contribution < -0.4 is 10.1 Å². The zero-order valence-corrected chi connectivity index (χ0v) is 13.2. The normalized spacial score (nSPS) is 13.7. The van der Waals surface area contributed by atoms with E-state index in [0.29, 0.717) is 6.04 Å². The van der Waals surface area contributed by atoms with Gasteiger partial charge in [-0.25, -0.2) is 0 Å². The van der Waals surface area contributed by atoms with Crippen LogP contribution in [0.15, 0.2) is 54.6 Å². The van der Waals surface area contributed by atoms with Crippen LogP contribution in [0.2, 0.25) is 0 Å². The van der Waals surface area contributed by atoms with E-state index >= 15 is 0 Å². The van der Waals surface area contributed by atoms with Gasteiger partial charge < -0.3 is 10.1 Å². The minimum Gasteiger partial charge on any atom is -0.489 e. The number of rotatable bonds is 7.